The fourth-order valence-corrected chi connectivity index (χ4v) is 6.43. The summed E-state index contributed by atoms with van der Waals surface area (Å²) in [5.74, 6) is 0. The van der Waals surface area contributed by atoms with Crippen LogP contribution in [0.4, 0.5) is 0 Å². The van der Waals surface area contributed by atoms with Gasteiger partial charge in [0.25, 0.3) is 0 Å². The molecule has 2 aliphatic rings. The molecule has 2 heterocycles. The van der Waals surface area contributed by atoms with Crippen LogP contribution in [-0.2, 0) is 13.0 Å². The number of rotatable bonds is 5. The van der Waals surface area contributed by atoms with Crippen molar-refractivity contribution in [3.05, 3.63) is 45.2 Å². The summed E-state index contributed by atoms with van der Waals surface area (Å²) in [6, 6.07) is 7.09. The Morgan fingerprint density at radius 1 is 1.21 bits per heavy atom. The zero-order chi connectivity index (χ0) is 20.1. The van der Waals surface area contributed by atoms with E-state index < -0.39 is 0 Å². The minimum Gasteiger partial charge on any atom is -0.358 e. The molecule has 1 saturated heterocycles. The molecule has 4 rings (SSSR count). The van der Waals surface area contributed by atoms with Crippen molar-refractivity contribution >= 4 is 10.9 Å². The van der Waals surface area contributed by atoms with Crippen LogP contribution < -0.4 is 10.3 Å². The fourth-order valence-electron chi connectivity index (χ4n) is 6.43. The van der Waals surface area contributed by atoms with E-state index in [4.69, 9.17) is 0 Å². The SMILES string of the molecule is CCCCc1ccc2[nH]c(C)c(C[NH+]3C[C@@]4(C)C[C@@H]3CC(C)(C)C4)c(=O)c2c1. The second-order valence-electron chi connectivity index (χ2n) is 10.8. The topological polar surface area (TPSA) is 37.3 Å². The van der Waals surface area contributed by atoms with Crippen LogP contribution in [0, 0.1) is 17.8 Å². The van der Waals surface area contributed by atoms with Crippen LogP contribution >= 0.6 is 0 Å². The van der Waals surface area contributed by atoms with Gasteiger partial charge in [0, 0.05) is 34.9 Å². The number of aryl methyl sites for hydroxylation is 2. The average molecular weight is 382 g/mol. The predicted octanol–water partition coefficient (Wildman–Crippen LogP) is 4.16. The second kappa shape index (κ2) is 7.02. The summed E-state index contributed by atoms with van der Waals surface area (Å²) < 4.78 is 0. The number of quaternary nitrogens is 1. The Bertz CT molecular complexity index is 941. The van der Waals surface area contributed by atoms with E-state index in [1.165, 1.54) is 44.2 Å². The van der Waals surface area contributed by atoms with Gasteiger partial charge in [0.2, 0.25) is 0 Å². The van der Waals surface area contributed by atoms with Gasteiger partial charge in [0.15, 0.2) is 5.43 Å². The molecular weight excluding hydrogens is 344 g/mol. The van der Waals surface area contributed by atoms with E-state index in [1.807, 2.05) is 0 Å². The highest BCUT2D eigenvalue weighted by molar-refractivity contribution is 5.80. The predicted molar refractivity (Wildman–Crippen MR) is 117 cm³/mol. The first kappa shape index (κ1) is 19.7. The number of aromatic amines is 1. The third-order valence-corrected chi connectivity index (χ3v) is 7.28. The largest absolute Gasteiger partial charge is 0.358 e. The van der Waals surface area contributed by atoms with Crippen LogP contribution in [0.5, 0.6) is 0 Å². The van der Waals surface area contributed by atoms with Crippen LogP contribution in [0.2, 0.25) is 0 Å². The third-order valence-electron chi connectivity index (χ3n) is 7.28. The number of hydrogen-bond acceptors (Lipinski definition) is 1. The van der Waals surface area contributed by atoms with Crippen molar-refractivity contribution in [3.8, 4) is 0 Å². The van der Waals surface area contributed by atoms with Crippen molar-refractivity contribution in [2.24, 2.45) is 10.8 Å². The highest BCUT2D eigenvalue weighted by Crippen LogP contribution is 2.47. The molecule has 1 unspecified atom stereocenters. The molecule has 2 bridgehead atoms. The number of aromatic nitrogens is 1. The second-order valence-corrected chi connectivity index (χ2v) is 10.8. The average Bonchev–Trinajstić information content (AvgIpc) is 2.85. The molecule has 1 saturated carbocycles. The fraction of sp³-hybridized carbons (Fsp3) is 0.640. The molecule has 3 nitrogen and oxygen atoms in total. The Morgan fingerprint density at radius 3 is 2.75 bits per heavy atom. The number of hydrogen-bond donors (Lipinski definition) is 2. The van der Waals surface area contributed by atoms with Gasteiger partial charge in [-0.15, -0.1) is 0 Å². The van der Waals surface area contributed by atoms with Crippen LogP contribution in [0.25, 0.3) is 10.9 Å². The zero-order valence-corrected chi connectivity index (χ0v) is 18.4. The summed E-state index contributed by atoms with van der Waals surface area (Å²) in [5, 5.41) is 0.877. The van der Waals surface area contributed by atoms with Gasteiger partial charge in [-0.2, -0.15) is 0 Å². The summed E-state index contributed by atoms with van der Waals surface area (Å²) >= 11 is 0. The third kappa shape index (κ3) is 3.66. The molecule has 2 fully saturated rings. The molecule has 1 aliphatic heterocycles. The van der Waals surface area contributed by atoms with Gasteiger partial charge < -0.3 is 9.88 Å². The summed E-state index contributed by atoms with van der Waals surface area (Å²) in [4.78, 5) is 18.6. The number of fused-ring (bicyclic) bond motifs is 3. The molecule has 1 aromatic heterocycles. The monoisotopic (exact) mass is 381 g/mol. The maximum atomic E-state index is 13.4. The number of likely N-dealkylation sites (tertiary alicyclic amines) is 1. The minimum atomic E-state index is 0.253. The van der Waals surface area contributed by atoms with E-state index >= 15 is 0 Å². The smallest absolute Gasteiger partial charge is 0.198 e. The summed E-state index contributed by atoms with van der Waals surface area (Å²) in [7, 11) is 0. The minimum absolute atomic E-state index is 0.253. The van der Waals surface area contributed by atoms with Gasteiger partial charge in [-0.05, 0) is 49.3 Å². The van der Waals surface area contributed by atoms with E-state index in [0.717, 1.165) is 35.1 Å². The van der Waals surface area contributed by atoms with E-state index in [1.54, 1.807) is 4.90 Å². The number of unbranched alkanes of at least 4 members (excludes halogenated alkanes) is 1. The van der Waals surface area contributed by atoms with E-state index in [2.05, 4.69) is 57.8 Å². The van der Waals surface area contributed by atoms with Gasteiger partial charge >= 0.3 is 0 Å². The Balaban J connectivity index is 1.66. The van der Waals surface area contributed by atoms with Crippen molar-refractivity contribution in [2.75, 3.05) is 6.54 Å². The van der Waals surface area contributed by atoms with Gasteiger partial charge in [-0.3, -0.25) is 4.79 Å². The van der Waals surface area contributed by atoms with Crippen LogP contribution in [0.15, 0.2) is 23.0 Å². The Morgan fingerprint density at radius 2 is 2.00 bits per heavy atom. The van der Waals surface area contributed by atoms with Gasteiger partial charge in [0.05, 0.1) is 18.2 Å². The van der Waals surface area contributed by atoms with Crippen LogP contribution in [0.3, 0.4) is 0 Å². The van der Waals surface area contributed by atoms with Crippen molar-refractivity contribution in [1.82, 2.24) is 4.98 Å². The quantitative estimate of drug-likeness (QED) is 0.802. The van der Waals surface area contributed by atoms with Crippen molar-refractivity contribution in [3.63, 3.8) is 0 Å². The molecule has 28 heavy (non-hydrogen) atoms. The lowest BCUT2D eigenvalue weighted by Crippen LogP contribution is -3.12. The molecule has 2 N–H and O–H groups in total. The normalized spacial score (nSPS) is 28.8. The summed E-state index contributed by atoms with van der Waals surface area (Å²) in [6.07, 6.45) is 7.33. The summed E-state index contributed by atoms with van der Waals surface area (Å²) in [6.45, 7) is 13.7. The Labute approximate surface area is 169 Å². The molecule has 152 valence electrons. The van der Waals surface area contributed by atoms with Gasteiger partial charge in [-0.1, -0.05) is 40.2 Å². The van der Waals surface area contributed by atoms with Crippen molar-refractivity contribution in [1.29, 1.82) is 0 Å². The van der Waals surface area contributed by atoms with E-state index in [0.29, 0.717) is 16.9 Å². The molecule has 0 amide bonds. The highest BCUT2D eigenvalue weighted by Gasteiger charge is 2.52. The maximum Gasteiger partial charge on any atom is 0.198 e. The molecule has 0 spiro atoms. The van der Waals surface area contributed by atoms with Gasteiger partial charge in [-0.25, -0.2) is 0 Å². The molecular formula is C25H37N2O+. The lowest BCUT2D eigenvalue weighted by molar-refractivity contribution is -0.928. The van der Waals surface area contributed by atoms with E-state index in [9.17, 15) is 4.79 Å². The van der Waals surface area contributed by atoms with Crippen molar-refractivity contribution in [2.45, 2.75) is 85.7 Å². The van der Waals surface area contributed by atoms with Crippen molar-refractivity contribution < 1.29 is 4.90 Å². The Kier molecular flexibility index (Phi) is 4.94. The van der Waals surface area contributed by atoms with Crippen LogP contribution in [-0.4, -0.2) is 17.6 Å². The first-order valence-corrected chi connectivity index (χ1v) is 11.2. The van der Waals surface area contributed by atoms with E-state index in [-0.39, 0.29) is 5.43 Å². The Hall–Kier alpha value is -1.61. The molecule has 3 atom stereocenters. The first-order valence-electron chi connectivity index (χ1n) is 11.2. The lowest BCUT2D eigenvalue weighted by atomic mass is 9.65. The standard InChI is InChI=1S/C25H36N2O/c1-6-7-8-18-9-10-22-20(11-18)23(28)21(17(2)26-22)14-27-16-25(5)13-19(27)12-24(3,4)15-25/h9-11,19H,6-8,12-16H2,1-5H3,(H,26,28)/p+1/t19-,25-/m0/s1. The molecule has 0 radical (unpaired) electrons. The highest BCUT2D eigenvalue weighted by atomic mass is 16.1. The maximum absolute atomic E-state index is 13.4. The number of pyridine rings is 1. The van der Waals surface area contributed by atoms with Crippen LogP contribution in [0.1, 0.15) is 76.6 Å². The molecule has 1 aromatic carbocycles. The summed E-state index contributed by atoms with van der Waals surface area (Å²) in [5.41, 5.74) is 5.44. The lowest BCUT2D eigenvalue weighted by Gasteiger charge is -2.37. The molecule has 3 heteroatoms. The van der Waals surface area contributed by atoms with Gasteiger partial charge in [0.1, 0.15) is 6.54 Å². The number of H-pyrrole nitrogens is 1. The number of benzene rings is 1. The molecule has 2 aromatic rings. The first-order chi connectivity index (χ1) is 13.2. The number of nitrogens with one attached hydrogen (secondary N) is 2. The zero-order valence-electron chi connectivity index (χ0n) is 18.4. The molecule has 1 aliphatic carbocycles.